The summed E-state index contributed by atoms with van der Waals surface area (Å²) in [5.74, 6) is 3.14. The molecule has 1 N–H and O–H groups in total. The highest BCUT2D eigenvalue weighted by Gasteiger charge is 2.31. The van der Waals surface area contributed by atoms with Crippen molar-refractivity contribution >= 4 is 23.5 Å². The van der Waals surface area contributed by atoms with E-state index >= 15 is 0 Å². The van der Waals surface area contributed by atoms with Crippen LogP contribution in [0.3, 0.4) is 0 Å². The quantitative estimate of drug-likeness (QED) is 0.896. The number of para-hydroxylation sites is 1. The van der Waals surface area contributed by atoms with Gasteiger partial charge in [-0.05, 0) is 12.5 Å². The molecule has 2 nitrogen and oxygen atoms in total. The van der Waals surface area contributed by atoms with Gasteiger partial charge in [0.2, 0.25) is 0 Å². The zero-order valence-electron chi connectivity index (χ0n) is 11.5. The molecule has 2 rings (SSSR count). The van der Waals surface area contributed by atoms with Gasteiger partial charge < -0.3 is 9.84 Å². The minimum atomic E-state index is -0.444. The molecule has 1 heterocycles. The van der Waals surface area contributed by atoms with Crippen LogP contribution in [0.1, 0.15) is 31.9 Å². The number of aliphatic hydroxyl groups excluding tert-OH is 1. The van der Waals surface area contributed by atoms with Crippen molar-refractivity contribution in [3.8, 4) is 5.75 Å². The van der Waals surface area contributed by atoms with E-state index in [4.69, 9.17) is 4.74 Å². The number of hydrogen-bond acceptors (Lipinski definition) is 4. The number of thioether (sulfide) groups is 2. The van der Waals surface area contributed by atoms with Gasteiger partial charge in [-0.2, -0.15) is 23.5 Å². The van der Waals surface area contributed by atoms with Crippen LogP contribution in [0.2, 0.25) is 0 Å². The second kappa shape index (κ2) is 7.46. The number of ether oxygens (including phenoxy) is 1. The minimum Gasteiger partial charge on any atom is -0.493 e. The molecule has 0 saturated carbocycles. The van der Waals surface area contributed by atoms with Crippen molar-refractivity contribution in [3.05, 3.63) is 29.8 Å². The largest absolute Gasteiger partial charge is 0.493 e. The van der Waals surface area contributed by atoms with Gasteiger partial charge in [-0.25, -0.2) is 0 Å². The van der Waals surface area contributed by atoms with Gasteiger partial charge in [0, 0.05) is 27.6 Å². The summed E-state index contributed by atoms with van der Waals surface area (Å²) in [5.41, 5.74) is 0.933. The fourth-order valence-corrected chi connectivity index (χ4v) is 5.07. The van der Waals surface area contributed by atoms with Gasteiger partial charge >= 0.3 is 0 Å². The molecule has 0 bridgehead atoms. The molecule has 3 unspecified atom stereocenters. The van der Waals surface area contributed by atoms with Crippen LogP contribution in [0.15, 0.2) is 24.3 Å². The lowest BCUT2D eigenvalue weighted by molar-refractivity contribution is 0.167. The van der Waals surface area contributed by atoms with E-state index < -0.39 is 6.10 Å². The Balaban J connectivity index is 2.15. The summed E-state index contributed by atoms with van der Waals surface area (Å²) in [7, 11) is 0. The molecule has 1 aromatic carbocycles. The van der Waals surface area contributed by atoms with Gasteiger partial charge in [0.25, 0.3) is 0 Å². The molecule has 0 aromatic heterocycles. The van der Waals surface area contributed by atoms with Crippen LogP contribution in [0.5, 0.6) is 5.75 Å². The van der Waals surface area contributed by atoms with E-state index in [-0.39, 0.29) is 5.25 Å². The van der Waals surface area contributed by atoms with Gasteiger partial charge in [-0.3, -0.25) is 0 Å². The predicted molar refractivity (Wildman–Crippen MR) is 85.4 cm³/mol. The summed E-state index contributed by atoms with van der Waals surface area (Å²) in [6.45, 7) is 5.00. The van der Waals surface area contributed by atoms with Crippen LogP contribution < -0.4 is 4.74 Å². The Morgan fingerprint density at radius 2 is 2.05 bits per heavy atom. The molecule has 1 aliphatic heterocycles. The van der Waals surface area contributed by atoms with E-state index in [0.717, 1.165) is 23.5 Å². The second-order valence-electron chi connectivity index (χ2n) is 4.74. The highest BCUT2D eigenvalue weighted by atomic mass is 32.2. The van der Waals surface area contributed by atoms with Crippen LogP contribution in [0, 0.1) is 0 Å². The average Bonchev–Trinajstić information content (AvgIpc) is 2.45. The zero-order chi connectivity index (χ0) is 13.7. The fraction of sp³-hybridized carbons (Fsp3) is 0.600. The number of aliphatic hydroxyl groups is 1. The van der Waals surface area contributed by atoms with E-state index in [1.54, 1.807) is 0 Å². The Labute approximate surface area is 124 Å². The average molecular weight is 298 g/mol. The highest BCUT2D eigenvalue weighted by molar-refractivity contribution is 8.07. The molecule has 1 aliphatic rings. The Kier molecular flexibility index (Phi) is 5.92. The molecular formula is C15H22O2S2. The molecule has 0 amide bonds. The van der Waals surface area contributed by atoms with Crippen LogP contribution in [-0.4, -0.2) is 33.7 Å². The second-order valence-corrected chi connectivity index (χ2v) is 7.51. The summed E-state index contributed by atoms with van der Waals surface area (Å²) in [4.78, 5) is 0. The summed E-state index contributed by atoms with van der Waals surface area (Å²) < 4.78 is 5.76. The Morgan fingerprint density at radius 1 is 1.32 bits per heavy atom. The maximum Gasteiger partial charge on any atom is 0.125 e. The Bertz CT molecular complexity index is 397. The summed E-state index contributed by atoms with van der Waals surface area (Å²) in [6, 6.07) is 7.89. The van der Waals surface area contributed by atoms with Crippen molar-refractivity contribution < 1.29 is 9.84 Å². The van der Waals surface area contributed by atoms with Crippen molar-refractivity contribution in [2.75, 3.05) is 18.1 Å². The lowest BCUT2D eigenvalue weighted by atomic mass is 10.0. The zero-order valence-corrected chi connectivity index (χ0v) is 13.2. The summed E-state index contributed by atoms with van der Waals surface area (Å²) in [6.07, 6.45) is 0.537. The van der Waals surface area contributed by atoms with Crippen molar-refractivity contribution in [2.45, 2.75) is 36.9 Å². The monoisotopic (exact) mass is 298 g/mol. The van der Waals surface area contributed by atoms with Crippen LogP contribution >= 0.6 is 23.5 Å². The van der Waals surface area contributed by atoms with Crippen molar-refractivity contribution in [1.82, 2.24) is 0 Å². The molecule has 1 saturated heterocycles. The highest BCUT2D eigenvalue weighted by Crippen LogP contribution is 2.40. The van der Waals surface area contributed by atoms with Crippen LogP contribution in [0.25, 0.3) is 0 Å². The normalized spacial score (nSPS) is 25.0. The predicted octanol–water partition coefficient (Wildman–Crippen LogP) is 3.75. The van der Waals surface area contributed by atoms with E-state index in [0.29, 0.717) is 11.9 Å². The standard InChI is InChI=1S/C15H22O2S2/c1-3-8-17-13-7-5-4-6-12(13)14(16)15-11(2)18-9-10-19-15/h4-7,11,14-16H,3,8-10H2,1-2H3. The topological polar surface area (TPSA) is 29.5 Å². The lowest BCUT2D eigenvalue weighted by Gasteiger charge is -2.32. The first-order valence-corrected chi connectivity index (χ1v) is 8.96. The SMILES string of the molecule is CCCOc1ccccc1C(O)C1SCCSC1C. The van der Waals surface area contributed by atoms with Gasteiger partial charge in [0.15, 0.2) is 0 Å². The summed E-state index contributed by atoms with van der Waals surface area (Å²) >= 11 is 3.83. The first-order valence-electron chi connectivity index (χ1n) is 6.87. The fourth-order valence-electron chi connectivity index (χ4n) is 2.24. The molecule has 19 heavy (non-hydrogen) atoms. The van der Waals surface area contributed by atoms with Crippen LogP contribution in [0.4, 0.5) is 0 Å². The van der Waals surface area contributed by atoms with E-state index in [9.17, 15) is 5.11 Å². The maximum atomic E-state index is 10.7. The lowest BCUT2D eigenvalue weighted by Crippen LogP contribution is -2.29. The molecule has 4 heteroatoms. The number of rotatable bonds is 5. The molecule has 1 aromatic rings. The first kappa shape index (κ1) is 15.1. The Hall–Kier alpha value is -0.320. The van der Waals surface area contributed by atoms with Crippen molar-refractivity contribution in [3.63, 3.8) is 0 Å². The number of benzene rings is 1. The van der Waals surface area contributed by atoms with Crippen molar-refractivity contribution in [1.29, 1.82) is 0 Å². The van der Waals surface area contributed by atoms with Crippen LogP contribution in [-0.2, 0) is 0 Å². The van der Waals surface area contributed by atoms with Gasteiger partial charge in [0.1, 0.15) is 5.75 Å². The molecule has 0 spiro atoms. The number of hydrogen-bond donors (Lipinski definition) is 1. The first-order chi connectivity index (χ1) is 9.24. The van der Waals surface area contributed by atoms with E-state index in [1.165, 1.54) is 5.75 Å². The third-order valence-electron chi connectivity index (χ3n) is 3.25. The molecule has 106 valence electrons. The maximum absolute atomic E-state index is 10.7. The molecule has 0 aliphatic carbocycles. The van der Waals surface area contributed by atoms with E-state index in [1.807, 2.05) is 47.8 Å². The third kappa shape index (κ3) is 3.83. The van der Waals surface area contributed by atoms with Gasteiger partial charge in [0.05, 0.1) is 12.7 Å². The Morgan fingerprint density at radius 3 is 2.79 bits per heavy atom. The molecular weight excluding hydrogens is 276 g/mol. The summed E-state index contributed by atoms with van der Waals surface area (Å²) in [5, 5.41) is 11.4. The smallest absolute Gasteiger partial charge is 0.125 e. The minimum absolute atomic E-state index is 0.255. The van der Waals surface area contributed by atoms with Crippen molar-refractivity contribution in [2.24, 2.45) is 0 Å². The molecule has 0 radical (unpaired) electrons. The van der Waals surface area contributed by atoms with E-state index in [2.05, 4.69) is 13.8 Å². The van der Waals surface area contributed by atoms with Gasteiger partial charge in [-0.1, -0.05) is 32.0 Å². The van der Waals surface area contributed by atoms with Gasteiger partial charge in [-0.15, -0.1) is 0 Å². The third-order valence-corrected chi connectivity index (χ3v) is 6.43. The molecule has 3 atom stereocenters. The molecule has 1 fully saturated rings.